The topological polar surface area (TPSA) is 87.1 Å². The summed E-state index contributed by atoms with van der Waals surface area (Å²) in [6.45, 7) is 6.39. The molecule has 0 aliphatic rings. The van der Waals surface area contributed by atoms with Gasteiger partial charge in [-0.05, 0) is 26.0 Å². The molecule has 6 heteroatoms. The number of carboxylic acid groups (broad SMARTS) is 1. The van der Waals surface area contributed by atoms with Gasteiger partial charge >= 0.3 is 11.9 Å². The zero-order valence-electron chi connectivity index (χ0n) is 12.0. The minimum absolute atomic E-state index is 0.00442. The van der Waals surface area contributed by atoms with Crippen LogP contribution in [0.2, 0.25) is 0 Å². The second-order valence-electron chi connectivity index (χ2n) is 4.71. The Morgan fingerprint density at radius 1 is 1.33 bits per heavy atom. The molecular formula is C15H19NO5. The van der Waals surface area contributed by atoms with Gasteiger partial charge in [-0.3, -0.25) is 0 Å². The lowest BCUT2D eigenvalue weighted by molar-refractivity contribution is -0.161. The van der Waals surface area contributed by atoms with Gasteiger partial charge in [0.25, 0.3) is 6.23 Å². The first-order chi connectivity index (χ1) is 9.82. The smallest absolute Gasteiger partial charge is 0.366 e. The zero-order chi connectivity index (χ0) is 16.0. The first kappa shape index (κ1) is 16.7. The summed E-state index contributed by atoms with van der Waals surface area (Å²) in [6, 6.07) is 8.58. The number of rotatable bonds is 7. The molecule has 2 unspecified atom stereocenters. The quantitative estimate of drug-likeness (QED) is 0.449. The van der Waals surface area contributed by atoms with Crippen molar-refractivity contribution < 1.29 is 24.5 Å². The van der Waals surface area contributed by atoms with E-state index in [4.69, 9.17) is 4.74 Å². The number of hydrogen-bond donors (Lipinski definition) is 2. The van der Waals surface area contributed by atoms with E-state index in [1.807, 2.05) is 0 Å². The van der Waals surface area contributed by atoms with Gasteiger partial charge in [0.1, 0.15) is 0 Å². The summed E-state index contributed by atoms with van der Waals surface area (Å²) in [5.41, 5.74) is 0.631. The number of aliphatic hydroxyl groups is 1. The number of anilines is 1. The number of carboxylic acids is 1. The number of para-hydroxylation sites is 1. The maximum Gasteiger partial charge on any atom is 0.366 e. The standard InChI is InChI=1S/C15H19NO5/c1-10(2)15(20)21-13(14(18)19)16(9-11(3)17)12-7-5-4-6-8-12/h4-8,11,13,17H,1,9H2,2-3H3,(H,18,19). The van der Waals surface area contributed by atoms with Gasteiger partial charge in [0.05, 0.1) is 6.10 Å². The first-order valence-electron chi connectivity index (χ1n) is 6.42. The Labute approximate surface area is 123 Å². The Kier molecular flexibility index (Phi) is 5.92. The van der Waals surface area contributed by atoms with Gasteiger partial charge in [0.2, 0.25) is 0 Å². The fraction of sp³-hybridized carbons (Fsp3) is 0.333. The molecule has 2 N–H and O–H groups in total. The van der Waals surface area contributed by atoms with Crippen LogP contribution >= 0.6 is 0 Å². The summed E-state index contributed by atoms with van der Waals surface area (Å²) in [4.78, 5) is 24.3. The molecule has 0 fully saturated rings. The third-order valence-corrected chi connectivity index (χ3v) is 2.61. The van der Waals surface area contributed by atoms with E-state index in [-0.39, 0.29) is 12.1 Å². The van der Waals surface area contributed by atoms with Crippen molar-refractivity contribution >= 4 is 17.6 Å². The van der Waals surface area contributed by atoms with Crippen molar-refractivity contribution in [2.45, 2.75) is 26.2 Å². The van der Waals surface area contributed by atoms with Gasteiger partial charge < -0.3 is 19.8 Å². The molecule has 0 heterocycles. The normalized spacial score (nSPS) is 13.1. The van der Waals surface area contributed by atoms with Crippen LogP contribution in [0.3, 0.4) is 0 Å². The number of aliphatic carboxylic acids is 1. The second kappa shape index (κ2) is 7.44. The highest BCUT2D eigenvalue weighted by atomic mass is 16.6. The summed E-state index contributed by atoms with van der Waals surface area (Å²) in [5, 5.41) is 18.9. The molecule has 0 amide bonds. The Balaban J connectivity index is 3.09. The number of nitrogens with zero attached hydrogens (tertiary/aromatic N) is 1. The van der Waals surface area contributed by atoms with E-state index in [1.54, 1.807) is 30.3 Å². The van der Waals surface area contributed by atoms with Crippen LogP contribution in [0.5, 0.6) is 0 Å². The van der Waals surface area contributed by atoms with Crippen molar-refractivity contribution in [1.29, 1.82) is 0 Å². The Morgan fingerprint density at radius 3 is 2.33 bits per heavy atom. The molecule has 0 aliphatic heterocycles. The van der Waals surface area contributed by atoms with Gasteiger partial charge in [-0.15, -0.1) is 0 Å². The van der Waals surface area contributed by atoms with Crippen molar-refractivity contribution in [3.8, 4) is 0 Å². The van der Waals surface area contributed by atoms with Gasteiger partial charge in [0, 0.05) is 17.8 Å². The highest BCUT2D eigenvalue weighted by Gasteiger charge is 2.30. The molecule has 2 atom stereocenters. The van der Waals surface area contributed by atoms with Crippen LogP contribution < -0.4 is 4.90 Å². The molecule has 0 aliphatic carbocycles. The number of carbonyl (C=O) groups is 2. The zero-order valence-corrected chi connectivity index (χ0v) is 12.0. The summed E-state index contributed by atoms with van der Waals surface area (Å²) in [6.07, 6.45) is -2.33. The molecule has 21 heavy (non-hydrogen) atoms. The highest BCUT2D eigenvalue weighted by molar-refractivity contribution is 5.90. The predicted molar refractivity (Wildman–Crippen MR) is 77.8 cm³/mol. The number of aliphatic hydroxyl groups excluding tert-OH is 1. The van der Waals surface area contributed by atoms with Crippen LogP contribution in [0.4, 0.5) is 5.69 Å². The van der Waals surface area contributed by atoms with Crippen molar-refractivity contribution in [3.05, 3.63) is 42.5 Å². The summed E-state index contributed by atoms with van der Waals surface area (Å²) >= 11 is 0. The molecular weight excluding hydrogens is 274 g/mol. The average Bonchev–Trinajstić information content (AvgIpc) is 2.42. The first-order valence-corrected chi connectivity index (χ1v) is 6.42. The number of esters is 1. The summed E-state index contributed by atoms with van der Waals surface area (Å²) < 4.78 is 4.97. The maximum absolute atomic E-state index is 11.6. The van der Waals surface area contributed by atoms with Crippen molar-refractivity contribution in [1.82, 2.24) is 0 Å². The molecule has 0 saturated heterocycles. The van der Waals surface area contributed by atoms with E-state index in [2.05, 4.69) is 6.58 Å². The lowest BCUT2D eigenvalue weighted by Crippen LogP contribution is -2.47. The lowest BCUT2D eigenvalue weighted by Gasteiger charge is -2.31. The molecule has 0 saturated carbocycles. The van der Waals surface area contributed by atoms with Crippen LogP contribution in [0, 0.1) is 0 Å². The maximum atomic E-state index is 11.6. The number of carbonyl (C=O) groups excluding carboxylic acids is 1. The van der Waals surface area contributed by atoms with Crippen LogP contribution in [0.25, 0.3) is 0 Å². The van der Waals surface area contributed by atoms with Crippen molar-refractivity contribution in [2.24, 2.45) is 0 Å². The molecule has 0 spiro atoms. The van der Waals surface area contributed by atoms with E-state index in [1.165, 1.54) is 18.7 Å². The van der Waals surface area contributed by atoms with Crippen LogP contribution in [0.15, 0.2) is 42.5 Å². The minimum Gasteiger partial charge on any atom is -0.477 e. The summed E-state index contributed by atoms with van der Waals surface area (Å²) in [7, 11) is 0. The van der Waals surface area contributed by atoms with Crippen LogP contribution in [0.1, 0.15) is 13.8 Å². The third kappa shape index (κ3) is 4.92. The summed E-state index contributed by atoms with van der Waals surface area (Å²) in [5.74, 6) is -2.12. The molecule has 6 nitrogen and oxygen atoms in total. The van der Waals surface area contributed by atoms with E-state index >= 15 is 0 Å². The molecule has 1 rings (SSSR count). The van der Waals surface area contributed by atoms with Crippen LogP contribution in [-0.4, -0.2) is 41.0 Å². The van der Waals surface area contributed by atoms with E-state index in [0.717, 1.165) is 0 Å². The van der Waals surface area contributed by atoms with E-state index < -0.39 is 24.3 Å². The average molecular weight is 293 g/mol. The van der Waals surface area contributed by atoms with Gasteiger partial charge in [-0.1, -0.05) is 24.8 Å². The van der Waals surface area contributed by atoms with Gasteiger partial charge in [0.15, 0.2) is 0 Å². The fourth-order valence-electron chi connectivity index (χ4n) is 1.69. The number of benzene rings is 1. The number of hydrogen-bond acceptors (Lipinski definition) is 5. The lowest BCUT2D eigenvalue weighted by atomic mass is 10.2. The van der Waals surface area contributed by atoms with Crippen LogP contribution in [-0.2, 0) is 14.3 Å². The molecule has 1 aromatic carbocycles. The Morgan fingerprint density at radius 2 is 1.90 bits per heavy atom. The highest BCUT2D eigenvalue weighted by Crippen LogP contribution is 2.19. The van der Waals surface area contributed by atoms with Crippen molar-refractivity contribution in [3.63, 3.8) is 0 Å². The number of ether oxygens (including phenoxy) is 1. The third-order valence-electron chi connectivity index (χ3n) is 2.61. The molecule has 0 bridgehead atoms. The molecule has 114 valence electrons. The largest absolute Gasteiger partial charge is 0.477 e. The van der Waals surface area contributed by atoms with Gasteiger partial charge in [-0.2, -0.15) is 0 Å². The van der Waals surface area contributed by atoms with E-state index in [9.17, 15) is 19.8 Å². The monoisotopic (exact) mass is 293 g/mol. The fourth-order valence-corrected chi connectivity index (χ4v) is 1.69. The second-order valence-corrected chi connectivity index (χ2v) is 4.71. The predicted octanol–water partition coefficient (Wildman–Crippen LogP) is 1.40. The molecule has 1 aromatic rings. The molecule has 0 aromatic heterocycles. The molecule has 0 radical (unpaired) electrons. The van der Waals surface area contributed by atoms with E-state index in [0.29, 0.717) is 5.69 Å². The Hall–Kier alpha value is -2.34. The SMILES string of the molecule is C=C(C)C(=O)OC(C(=O)O)N(CC(C)O)c1ccccc1. The Bertz CT molecular complexity index is 512. The van der Waals surface area contributed by atoms with Gasteiger partial charge in [-0.25, -0.2) is 9.59 Å². The van der Waals surface area contributed by atoms with Crippen molar-refractivity contribution in [2.75, 3.05) is 11.4 Å². The minimum atomic E-state index is -1.54.